The topological polar surface area (TPSA) is 55.8 Å². The maximum atomic E-state index is 13.1. The summed E-state index contributed by atoms with van der Waals surface area (Å²) in [6, 6.07) is 24.5. The smallest absolute Gasteiger partial charge is 0.336 e. The molecular formula is C26H20ClNO4. The molecule has 5 nitrogen and oxygen atoms in total. The van der Waals surface area contributed by atoms with Crippen molar-refractivity contribution in [2.24, 2.45) is 0 Å². The van der Waals surface area contributed by atoms with Crippen LogP contribution >= 0.6 is 11.6 Å². The van der Waals surface area contributed by atoms with Crippen molar-refractivity contribution in [2.45, 2.75) is 18.9 Å². The third-order valence-corrected chi connectivity index (χ3v) is 5.95. The Hall–Kier alpha value is -3.57. The van der Waals surface area contributed by atoms with Gasteiger partial charge in [-0.1, -0.05) is 60.1 Å². The molecule has 5 rings (SSSR count). The number of nitrogens with zero attached hydrogens (tertiary/aromatic N) is 1. The van der Waals surface area contributed by atoms with E-state index in [1.54, 1.807) is 29.2 Å². The van der Waals surface area contributed by atoms with Crippen molar-refractivity contribution in [1.29, 1.82) is 0 Å². The number of hydrogen-bond acceptors (Lipinski definition) is 4. The average Bonchev–Trinajstić information content (AvgIpc) is 3.19. The Morgan fingerprint density at radius 3 is 2.50 bits per heavy atom. The van der Waals surface area contributed by atoms with Crippen LogP contribution in [0.3, 0.4) is 0 Å². The number of carbonyl (C=O) groups excluding carboxylic acids is 2. The predicted molar refractivity (Wildman–Crippen MR) is 121 cm³/mol. The summed E-state index contributed by atoms with van der Waals surface area (Å²) in [5.74, 6) is -0.109. The van der Waals surface area contributed by atoms with Gasteiger partial charge in [0.2, 0.25) is 5.91 Å². The number of anilines is 1. The van der Waals surface area contributed by atoms with E-state index in [2.05, 4.69) is 0 Å². The van der Waals surface area contributed by atoms with E-state index in [-0.39, 0.29) is 30.8 Å². The summed E-state index contributed by atoms with van der Waals surface area (Å²) in [4.78, 5) is 27.3. The van der Waals surface area contributed by atoms with Gasteiger partial charge in [0.1, 0.15) is 19.0 Å². The van der Waals surface area contributed by atoms with Crippen molar-refractivity contribution >= 4 is 29.2 Å². The number of amides is 1. The number of benzene rings is 3. The molecule has 0 saturated carbocycles. The summed E-state index contributed by atoms with van der Waals surface area (Å²) in [7, 11) is 0. The quantitative estimate of drug-likeness (QED) is 0.503. The van der Waals surface area contributed by atoms with Gasteiger partial charge < -0.3 is 9.47 Å². The Labute approximate surface area is 190 Å². The van der Waals surface area contributed by atoms with E-state index in [1.807, 2.05) is 54.6 Å². The third kappa shape index (κ3) is 3.87. The largest absolute Gasteiger partial charge is 0.489 e. The minimum absolute atomic E-state index is 0.0706. The second-order valence-corrected chi connectivity index (χ2v) is 8.18. The second kappa shape index (κ2) is 8.52. The van der Waals surface area contributed by atoms with Crippen LogP contribution in [0.15, 0.2) is 90.1 Å². The molecule has 160 valence electrons. The molecule has 2 heterocycles. The van der Waals surface area contributed by atoms with E-state index in [0.717, 1.165) is 16.9 Å². The molecule has 0 fully saturated rings. The van der Waals surface area contributed by atoms with Crippen LogP contribution in [0.1, 0.15) is 23.5 Å². The lowest BCUT2D eigenvalue weighted by Gasteiger charge is -2.32. The van der Waals surface area contributed by atoms with Gasteiger partial charge in [0.25, 0.3) is 0 Å². The van der Waals surface area contributed by atoms with Crippen LogP contribution < -0.4 is 9.64 Å². The highest BCUT2D eigenvalue weighted by molar-refractivity contribution is 6.31. The molecule has 0 aromatic heterocycles. The third-order valence-electron chi connectivity index (χ3n) is 5.71. The minimum Gasteiger partial charge on any atom is -0.489 e. The summed E-state index contributed by atoms with van der Waals surface area (Å²) in [6.45, 7) is 0.541. The second-order valence-electron chi connectivity index (χ2n) is 7.75. The SMILES string of the molecule is O=C1OCC2=C1C(c1ccc(OCc3ccccc3)cc1)CC(=O)N2c1cccc(Cl)c1. The zero-order valence-electron chi connectivity index (χ0n) is 17.2. The van der Waals surface area contributed by atoms with E-state index in [4.69, 9.17) is 21.1 Å². The number of esters is 1. The van der Waals surface area contributed by atoms with Crippen LogP contribution in [0.4, 0.5) is 5.69 Å². The molecule has 2 aliphatic heterocycles. The average molecular weight is 446 g/mol. The van der Waals surface area contributed by atoms with Crippen LogP contribution in [0.2, 0.25) is 5.02 Å². The minimum atomic E-state index is -0.381. The Kier molecular flexibility index (Phi) is 5.41. The van der Waals surface area contributed by atoms with Crippen LogP contribution in [0.25, 0.3) is 0 Å². The first-order valence-electron chi connectivity index (χ1n) is 10.4. The number of rotatable bonds is 5. The first-order valence-corrected chi connectivity index (χ1v) is 10.7. The molecule has 2 aliphatic rings. The Balaban J connectivity index is 1.41. The molecule has 3 aromatic rings. The van der Waals surface area contributed by atoms with Gasteiger partial charge in [-0.3, -0.25) is 9.69 Å². The predicted octanol–water partition coefficient (Wildman–Crippen LogP) is 5.25. The Morgan fingerprint density at radius 1 is 0.969 bits per heavy atom. The summed E-state index contributed by atoms with van der Waals surface area (Å²) < 4.78 is 11.2. The van der Waals surface area contributed by atoms with E-state index >= 15 is 0 Å². The monoisotopic (exact) mass is 445 g/mol. The Bertz CT molecular complexity index is 1200. The highest BCUT2D eigenvalue weighted by Gasteiger charge is 2.42. The molecule has 1 unspecified atom stereocenters. The summed E-state index contributed by atoms with van der Waals surface area (Å²) in [5, 5.41) is 0.524. The van der Waals surface area contributed by atoms with Crippen molar-refractivity contribution in [3.63, 3.8) is 0 Å². The molecule has 0 N–H and O–H groups in total. The van der Waals surface area contributed by atoms with Gasteiger partial charge in [0.15, 0.2) is 0 Å². The van der Waals surface area contributed by atoms with Crippen LogP contribution in [-0.4, -0.2) is 18.5 Å². The standard InChI is InChI=1S/C26H20ClNO4/c27-19-7-4-8-20(13-19)28-23-16-32-26(30)25(23)22(14-24(28)29)18-9-11-21(12-10-18)31-15-17-5-2-1-3-6-17/h1-13,22H,14-16H2. The Morgan fingerprint density at radius 2 is 1.75 bits per heavy atom. The summed E-state index contributed by atoms with van der Waals surface area (Å²) in [6.07, 6.45) is 0.171. The molecule has 1 amide bonds. The lowest BCUT2D eigenvalue weighted by atomic mass is 9.84. The first-order chi connectivity index (χ1) is 15.6. The molecule has 0 aliphatic carbocycles. The summed E-state index contributed by atoms with van der Waals surface area (Å²) >= 11 is 6.12. The number of ether oxygens (including phenoxy) is 2. The van der Waals surface area contributed by atoms with Crippen LogP contribution in [0.5, 0.6) is 5.75 Å². The maximum Gasteiger partial charge on any atom is 0.336 e. The lowest BCUT2D eigenvalue weighted by molar-refractivity contribution is -0.136. The zero-order chi connectivity index (χ0) is 22.1. The number of carbonyl (C=O) groups is 2. The highest BCUT2D eigenvalue weighted by atomic mass is 35.5. The van der Waals surface area contributed by atoms with Gasteiger partial charge in [-0.05, 0) is 41.5 Å². The molecule has 32 heavy (non-hydrogen) atoms. The molecule has 0 saturated heterocycles. The summed E-state index contributed by atoms with van der Waals surface area (Å²) in [5.41, 5.74) is 3.71. The number of hydrogen-bond donors (Lipinski definition) is 0. The maximum absolute atomic E-state index is 13.1. The van der Waals surface area contributed by atoms with Crippen LogP contribution in [-0.2, 0) is 20.9 Å². The van der Waals surface area contributed by atoms with E-state index in [9.17, 15) is 9.59 Å². The molecule has 0 bridgehead atoms. The lowest BCUT2D eigenvalue weighted by Crippen LogP contribution is -2.37. The van der Waals surface area contributed by atoms with Gasteiger partial charge in [-0.2, -0.15) is 0 Å². The molecule has 0 spiro atoms. The molecule has 6 heteroatoms. The fourth-order valence-electron chi connectivity index (χ4n) is 4.19. The van der Waals surface area contributed by atoms with Crippen molar-refractivity contribution in [3.8, 4) is 5.75 Å². The van der Waals surface area contributed by atoms with Gasteiger partial charge in [0.05, 0.1) is 17.0 Å². The fourth-order valence-corrected chi connectivity index (χ4v) is 4.38. The van der Waals surface area contributed by atoms with Gasteiger partial charge in [0, 0.05) is 17.4 Å². The van der Waals surface area contributed by atoms with Crippen molar-refractivity contribution in [3.05, 3.63) is 106 Å². The van der Waals surface area contributed by atoms with Crippen molar-refractivity contribution in [2.75, 3.05) is 11.5 Å². The van der Waals surface area contributed by atoms with E-state index in [1.165, 1.54) is 0 Å². The van der Waals surface area contributed by atoms with Gasteiger partial charge in [-0.15, -0.1) is 0 Å². The van der Waals surface area contributed by atoms with Crippen LogP contribution in [0, 0.1) is 0 Å². The molecular weight excluding hydrogens is 426 g/mol. The number of cyclic esters (lactones) is 1. The zero-order valence-corrected chi connectivity index (χ0v) is 17.9. The van der Waals surface area contributed by atoms with E-state index in [0.29, 0.717) is 28.6 Å². The van der Waals surface area contributed by atoms with Gasteiger partial charge in [-0.25, -0.2) is 4.79 Å². The fraction of sp³-hybridized carbons (Fsp3) is 0.154. The highest BCUT2D eigenvalue weighted by Crippen LogP contribution is 2.42. The first kappa shape index (κ1) is 20.3. The van der Waals surface area contributed by atoms with Crippen molar-refractivity contribution < 1.29 is 19.1 Å². The van der Waals surface area contributed by atoms with E-state index < -0.39 is 0 Å². The molecule has 3 aromatic carbocycles. The molecule has 1 atom stereocenters. The molecule has 0 radical (unpaired) electrons. The van der Waals surface area contributed by atoms with Gasteiger partial charge >= 0.3 is 5.97 Å². The number of halogens is 1. The van der Waals surface area contributed by atoms with Crippen molar-refractivity contribution in [1.82, 2.24) is 0 Å². The normalized spacial score (nSPS) is 17.9.